The number of primary amides is 1. The van der Waals surface area contributed by atoms with E-state index in [0.717, 1.165) is 5.56 Å². The minimum atomic E-state index is -1.19. The Morgan fingerprint density at radius 3 is 2.03 bits per heavy atom. The van der Waals surface area contributed by atoms with E-state index in [9.17, 15) is 29.1 Å². The van der Waals surface area contributed by atoms with Crippen LogP contribution in [0.25, 0.3) is 0 Å². The van der Waals surface area contributed by atoms with Crippen LogP contribution in [0.15, 0.2) is 30.3 Å². The minimum absolute atomic E-state index is 0.104. The quantitative estimate of drug-likeness (QED) is 0.122. The van der Waals surface area contributed by atoms with E-state index >= 15 is 0 Å². The number of hydrogen-bond donors (Lipinski definition) is 7. The molecule has 12 nitrogen and oxygen atoms in total. The summed E-state index contributed by atoms with van der Waals surface area (Å²) in [7, 11) is 0. The number of amides is 4. The Hall–Kier alpha value is -3.51. The standard InChI is InChI=1S/C26H42N6O6/c1-3-16(2)22(26(37)38)32-25(36)19(11-7-8-14-27)31-24(35)20(12-13-21(29)33)30-23(34)18(28)15-17-9-5-4-6-10-17/h4-6,9-10,16,18-20,22H,3,7-8,11-15,27-28H2,1-2H3,(H2,29,33)(H,30,34)(H,31,35)(H,32,36)(H,37,38). The molecule has 5 atom stereocenters. The fourth-order valence-corrected chi connectivity index (χ4v) is 3.77. The van der Waals surface area contributed by atoms with Crippen LogP contribution in [0.3, 0.4) is 0 Å². The highest BCUT2D eigenvalue weighted by Gasteiger charge is 2.31. The molecule has 0 radical (unpaired) electrons. The third-order valence-corrected chi connectivity index (χ3v) is 6.30. The summed E-state index contributed by atoms with van der Waals surface area (Å²) in [6.45, 7) is 3.89. The van der Waals surface area contributed by atoms with Crippen LogP contribution in [0.4, 0.5) is 0 Å². The van der Waals surface area contributed by atoms with E-state index in [1.807, 2.05) is 37.3 Å². The Morgan fingerprint density at radius 2 is 1.47 bits per heavy atom. The molecule has 12 heteroatoms. The summed E-state index contributed by atoms with van der Waals surface area (Å²) in [6, 6.07) is 4.74. The SMILES string of the molecule is CCC(C)C(NC(=O)C(CCCCN)NC(=O)C(CCC(N)=O)NC(=O)C(N)Cc1ccccc1)C(=O)O. The summed E-state index contributed by atoms with van der Waals surface area (Å²) in [4.78, 5) is 62.1. The predicted octanol–water partition coefficient (Wildman–Crippen LogP) is -0.464. The van der Waals surface area contributed by atoms with Crippen molar-refractivity contribution in [2.24, 2.45) is 23.1 Å². The molecular formula is C26H42N6O6. The lowest BCUT2D eigenvalue weighted by Crippen LogP contribution is -2.58. The van der Waals surface area contributed by atoms with Crippen LogP contribution in [0, 0.1) is 5.92 Å². The zero-order valence-electron chi connectivity index (χ0n) is 22.2. The summed E-state index contributed by atoms with van der Waals surface area (Å²) >= 11 is 0. The van der Waals surface area contributed by atoms with Gasteiger partial charge < -0.3 is 38.3 Å². The Balaban J connectivity index is 3.02. The normalized spacial score (nSPS) is 14.8. The van der Waals surface area contributed by atoms with Crippen LogP contribution in [0.1, 0.15) is 57.9 Å². The molecule has 0 saturated heterocycles. The molecule has 0 aliphatic carbocycles. The molecule has 4 amide bonds. The molecule has 0 saturated carbocycles. The van der Waals surface area contributed by atoms with Crippen molar-refractivity contribution < 1.29 is 29.1 Å². The number of rotatable bonds is 18. The number of carbonyl (C=O) groups is 5. The van der Waals surface area contributed by atoms with Crippen molar-refractivity contribution in [1.82, 2.24) is 16.0 Å². The fourth-order valence-electron chi connectivity index (χ4n) is 3.77. The molecule has 0 bridgehead atoms. The first-order valence-electron chi connectivity index (χ1n) is 12.9. The van der Waals surface area contributed by atoms with Crippen molar-refractivity contribution in [3.63, 3.8) is 0 Å². The van der Waals surface area contributed by atoms with Gasteiger partial charge in [-0.2, -0.15) is 0 Å². The van der Waals surface area contributed by atoms with E-state index in [1.54, 1.807) is 6.92 Å². The Labute approximate surface area is 223 Å². The molecule has 5 unspecified atom stereocenters. The van der Waals surface area contributed by atoms with Crippen LogP contribution in [-0.4, -0.2) is 65.4 Å². The minimum Gasteiger partial charge on any atom is -0.480 e. The van der Waals surface area contributed by atoms with Crippen molar-refractivity contribution >= 4 is 29.6 Å². The summed E-state index contributed by atoms with van der Waals surface area (Å²) in [5.41, 5.74) is 17.7. The first-order valence-corrected chi connectivity index (χ1v) is 12.9. The van der Waals surface area contributed by atoms with Gasteiger partial charge in [-0.15, -0.1) is 0 Å². The average molecular weight is 535 g/mol. The van der Waals surface area contributed by atoms with Gasteiger partial charge in [0.2, 0.25) is 23.6 Å². The fraction of sp³-hybridized carbons (Fsp3) is 0.577. The smallest absolute Gasteiger partial charge is 0.326 e. The van der Waals surface area contributed by atoms with Crippen molar-refractivity contribution in [3.8, 4) is 0 Å². The summed E-state index contributed by atoms with van der Waals surface area (Å²) in [5.74, 6) is -4.17. The van der Waals surface area contributed by atoms with Crippen molar-refractivity contribution in [2.75, 3.05) is 6.54 Å². The summed E-state index contributed by atoms with van der Waals surface area (Å²) in [6.07, 6.45) is 1.74. The molecule has 0 spiro atoms. The Morgan fingerprint density at radius 1 is 0.895 bits per heavy atom. The van der Waals surface area contributed by atoms with Crippen molar-refractivity contribution in [1.29, 1.82) is 0 Å². The number of nitrogens with two attached hydrogens (primary N) is 3. The van der Waals surface area contributed by atoms with Gasteiger partial charge in [0, 0.05) is 6.42 Å². The van der Waals surface area contributed by atoms with Crippen molar-refractivity contribution in [3.05, 3.63) is 35.9 Å². The molecular weight excluding hydrogens is 492 g/mol. The lowest BCUT2D eigenvalue weighted by molar-refractivity contribution is -0.144. The number of unbranched alkanes of at least 4 members (excludes halogenated alkanes) is 1. The molecule has 0 heterocycles. The second kappa shape index (κ2) is 17.1. The van der Waals surface area contributed by atoms with Crippen LogP contribution >= 0.6 is 0 Å². The van der Waals surface area contributed by atoms with Gasteiger partial charge in [-0.05, 0) is 50.1 Å². The second-order valence-electron chi connectivity index (χ2n) is 9.42. The second-order valence-corrected chi connectivity index (χ2v) is 9.42. The average Bonchev–Trinajstić information content (AvgIpc) is 2.88. The van der Waals surface area contributed by atoms with E-state index in [0.29, 0.717) is 25.8 Å². The summed E-state index contributed by atoms with van der Waals surface area (Å²) < 4.78 is 0. The molecule has 1 aromatic carbocycles. The summed E-state index contributed by atoms with van der Waals surface area (Å²) in [5, 5.41) is 17.2. The van der Waals surface area contributed by atoms with E-state index in [4.69, 9.17) is 17.2 Å². The number of aliphatic carboxylic acids is 1. The Kier molecular flexibility index (Phi) is 14.6. The van der Waals surface area contributed by atoms with Gasteiger partial charge in [-0.3, -0.25) is 19.2 Å². The number of hydrogen-bond acceptors (Lipinski definition) is 7. The lowest BCUT2D eigenvalue weighted by atomic mass is 9.98. The van der Waals surface area contributed by atoms with Crippen LogP contribution in [-0.2, 0) is 30.4 Å². The highest BCUT2D eigenvalue weighted by molar-refractivity contribution is 5.94. The van der Waals surface area contributed by atoms with E-state index in [-0.39, 0.29) is 31.6 Å². The molecule has 38 heavy (non-hydrogen) atoms. The van der Waals surface area contributed by atoms with Crippen molar-refractivity contribution in [2.45, 2.75) is 83.0 Å². The van der Waals surface area contributed by atoms with Gasteiger partial charge in [0.1, 0.15) is 18.1 Å². The number of benzene rings is 1. The molecule has 10 N–H and O–H groups in total. The van der Waals surface area contributed by atoms with Gasteiger partial charge in [-0.1, -0.05) is 50.6 Å². The van der Waals surface area contributed by atoms with Gasteiger partial charge in [0.15, 0.2) is 0 Å². The van der Waals surface area contributed by atoms with Gasteiger partial charge in [0.25, 0.3) is 0 Å². The number of carboxylic acid groups (broad SMARTS) is 1. The Bertz CT molecular complexity index is 928. The maximum absolute atomic E-state index is 13.2. The van der Waals surface area contributed by atoms with E-state index in [2.05, 4.69) is 16.0 Å². The number of carboxylic acids is 1. The maximum atomic E-state index is 13.2. The molecule has 0 aliphatic heterocycles. The molecule has 0 aliphatic rings. The largest absolute Gasteiger partial charge is 0.480 e. The molecule has 0 aromatic heterocycles. The molecule has 1 rings (SSSR count). The number of nitrogens with one attached hydrogen (secondary N) is 3. The zero-order valence-corrected chi connectivity index (χ0v) is 22.2. The predicted molar refractivity (Wildman–Crippen MR) is 142 cm³/mol. The zero-order chi connectivity index (χ0) is 28.7. The first kappa shape index (κ1) is 32.5. The van der Waals surface area contributed by atoms with Crippen LogP contribution < -0.4 is 33.2 Å². The van der Waals surface area contributed by atoms with Crippen LogP contribution in [0.2, 0.25) is 0 Å². The molecule has 212 valence electrons. The third kappa shape index (κ3) is 11.7. The third-order valence-electron chi connectivity index (χ3n) is 6.30. The van der Waals surface area contributed by atoms with Gasteiger partial charge in [-0.25, -0.2) is 4.79 Å². The van der Waals surface area contributed by atoms with Gasteiger partial charge in [0.05, 0.1) is 6.04 Å². The maximum Gasteiger partial charge on any atom is 0.326 e. The highest BCUT2D eigenvalue weighted by Crippen LogP contribution is 2.10. The monoisotopic (exact) mass is 534 g/mol. The van der Waals surface area contributed by atoms with Crippen LogP contribution in [0.5, 0.6) is 0 Å². The highest BCUT2D eigenvalue weighted by atomic mass is 16.4. The van der Waals surface area contributed by atoms with Gasteiger partial charge >= 0.3 is 5.97 Å². The topological polar surface area (TPSA) is 220 Å². The number of carbonyl (C=O) groups excluding carboxylic acids is 4. The molecule has 0 fully saturated rings. The van der Waals surface area contributed by atoms with E-state index < -0.39 is 53.8 Å². The lowest BCUT2D eigenvalue weighted by Gasteiger charge is -2.26. The molecule has 1 aromatic rings. The van der Waals surface area contributed by atoms with E-state index in [1.165, 1.54) is 0 Å². The first-order chi connectivity index (χ1) is 18.0.